The second-order valence-corrected chi connectivity index (χ2v) is 15.5. The summed E-state index contributed by atoms with van der Waals surface area (Å²) >= 11 is 15.0. The van der Waals surface area contributed by atoms with Gasteiger partial charge in [-0.15, -0.1) is 22.7 Å². The molecular formula is C29H40Cl2N8O5S3. The van der Waals surface area contributed by atoms with Crippen LogP contribution in [0.1, 0.15) is 29.4 Å². The zero-order valence-corrected chi connectivity index (χ0v) is 28.5. The number of halogens is 2. The van der Waals surface area contributed by atoms with Gasteiger partial charge in [-0.1, -0.05) is 14.9 Å². The zero-order valence-electron chi connectivity index (χ0n) is 24.5. The molecule has 3 fully saturated rings. The average Bonchev–Trinajstić information content (AvgIpc) is 3.64. The third-order valence-corrected chi connectivity index (χ3v) is 11.3. The van der Waals surface area contributed by atoms with E-state index in [1.54, 1.807) is 11.3 Å². The maximum absolute atomic E-state index is 11.7. The Morgan fingerprint density at radius 1 is 0.766 bits per heavy atom. The van der Waals surface area contributed by atoms with Crippen LogP contribution in [0.5, 0.6) is 0 Å². The van der Waals surface area contributed by atoms with Gasteiger partial charge in [0.25, 0.3) is 0 Å². The summed E-state index contributed by atoms with van der Waals surface area (Å²) in [6.45, 7) is 9.15. The van der Waals surface area contributed by atoms with Crippen molar-refractivity contribution < 1.29 is 22.7 Å². The van der Waals surface area contributed by atoms with E-state index < -0.39 is 10.0 Å². The first kappa shape index (κ1) is 37.5. The van der Waals surface area contributed by atoms with E-state index in [1.807, 2.05) is 6.07 Å². The van der Waals surface area contributed by atoms with E-state index in [0.717, 1.165) is 84.2 Å². The topological polar surface area (TPSA) is 134 Å². The highest BCUT2D eigenvalue weighted by Crippen LogP contribution is 2.34. The minimum atomic E-state index is -3.10. The number of morpholine rings is 2. The average molecular weight is 748 g/mol. The molecule has 0 radical (unpaired) electrons. The number of aromatic nitrogens is 4. The highest BCUT2D eigenvalue weighted by Gasteiger charge is 2.25. The van der Waals surface area contributed by atoms with Crippen molar-refractivity contribution in [2.45, 2.75) is 21.4 Å². The number of nitrogens with zero attached hydrogens (tertiary/aromatic N) is 8. The van der Waals surface area contributed by atoms with Crippen LogP contribution in [0.3, 0.4) is 0 Å². The molecule has 0 N–H and O–H groups in total. The van der Waals surface area contributed by atoms with Crippen LogP contribution in [0.4, 0.5) is 11.6 Å². The lowest BCUT2D eigenvalue weighted by molar-refractivity contribution is 0.112. The van der Waals surface area contributed by atoms with Crippen LogP contribution in [-0.2, 0) is 26.0 Å². The Kier molecular flexibility index (Phi) is 13.1. The first-order valence-electron chi connectivity index (χ1n) is 14.4. The molecule has 7 heterocycles. The molecule has 0 aliphatic carbocycles. The lowest BCUT2D eigenvalue weighted by Crippen LogP contribution is -2.47. The molecule has 4 aromatic rings. The minimum absolute atomic E-state index is 0. The van der Waals surface area contributed by atoms with Gasteiger partial charge in [-0.2, -0.15) is 14.3 Å². The number of piperazine rings is 1. The molecule has 258 valence electrons. The van der Waals surface area contributed by atoms with Crippen LogP contribution in [-0.4, -0.2) is 129 Å². The van der Waals surface area contributed by atoms with Gasteiger partial charge in [0, 0.05) is 63.8 Å². The van der Waals surface area contributed by atoms with Gasteiger partial charge in [-0.25, -0.2) is 18.4 Å². The molecule has 0 atom stereocenters. The van der Waals surface area contributed by atoms with Crippen molar-refractivity contribution >= 4 is 94.3 Å². The van der Waals surface area contributed by atoms with Gasteiger partial charge in [-0.05, 0) is 35.3 Å². The molecule has 3 aliphatic heterocycles. The minimum Gasteiger partial charge on any atom is -0.378 e. The van der Waals surface area contributed by atoms with Crippen LogP contribution in [0.25, 0.3) is 20.4 Å². The third-order valence-electron chi connectivity index (χ3n) is 7.68. The summed E-state index contributed by atoms with van der Waals surface area (Å²) in [4.78, 5) is 38.2. The standard InChI is InChI=1S/C16H22ClN5O3S2.C11H10ClN3O2S.2CH4/c1-27(23,24)22-4-2-20(3-5-22)11-12-10-13-14(21-6-8-25-9-7-21)18-16(17)19-15(13)26-12;12-11-13-9(15-1-3-17-4-2-15)8-5-7(6-16)18-10(8)14-11;;/h10H,2-9,11H2,1H3;5-6H,1-4H2;2*1H4. The largest absolute Gasteiger partial charge is 0.378 e. The summed E-state index contributed by atoms with van der Waals surface area (Å²) in [5, 5.41) is 2.38. The van der Waals surface area contributed by atoms with E-state index >= 15 is 0 Å². The van der Waals surface area contributed by atoms with Gasteiger partial charge in [0.15, 0.2) is 6.29 Å². The van der Waals surface area contributed by atoms with Crippen molar-refractivity contribution in [3.63, 3.8) is 0 Å². The van der Waals surface area contributed by atoms with Gasteiger partial charge < -0.3 is 19.3 Å². The molecule has 18 heteroatoms. The molecule has 0 spiro atoms. The summed E-state index contributed by atoms with van der Waals surface area (Å²) in [5.74, 6) is 1.66. The number of anilines is 2. The van der Waals surface area contributed by atoms with E-state index in [1.165, 1.54) is 26.8 Å². The van der Waals surface area contributed by atoms with Gasteiger partial charge in [0.2, 0.25) is 20.6 Å². The Morgan fingerprint density at radius 2 is 1.26 bits per heavy atom. The predicted molar refractivity (Wildman–Crippen MR) is 191 cm³/mol. The molecule has 7 rings (SSSR count). The van der Waals surface area contributed by atoms with Crippen molar-refractivity contribution in [1.29, 1.82) is 0 Å². The molecule has 0 bridgehead atoms. The second kappa shape index (κ2) is 16.4. The number of carbonyl (C=O) groups excluding carboxylic acids is 1. The van der Waals surface area contributed by atoms with Crippen LogP contribution in [0.2, 0.25) is 10.6 Å². The summed E-state index contributed by atoms with van der Waals surface area (Å²) in [5.41, 5.74) is 0. The third kappa shape index (κ3) is 9.05. The van der Waals surface area contributed by atoms with Crippen molar-refractivity contribution in [2.24, 2.45) is 0 Å². The van der Waals surface area contributed by atoms with Gasteiger partial charge in [0.1, 0.15) is 21.3 Å². The number of ether oxygens (including phenoxy) is 2. The lowest BCUT2D eigenvalue weighted by Gasteiger charge is -2.32. The van der Waals surface area contributed by atoms with Crippen molar-refractivity contribution in [2.75, 3.05) is 94.8 Å². The van der Waals surface area contributed by atoms with Crippen LogP contribution < -0.4 is 9.80 Å². The van der Waals surface area contributed by atoms with Gasteiger partial charge in [-0.3, -0.25) is 9.69 Å². The Morgan fingerprint density at radius 3 is 1.74 bits per heavy atom. The number of aldehydes is 1. The first-order chi connectivity index (χ1) is 21.7. The van der Waals surface area contributed by atoms with Crippen molar-refractivity contribution in [3.05, 3.63) is 32.5 Å². The molecule has 3 saturated heterocycles. The summed E-state index contributed by atoms with van der Waals surface area (Å²) in [6.07, 6.45) is 2.09. The molecule has 0 unspecified atom stereocenters. The number of thiophene rings is 2. The maximum Gasteiger partial charge on any atom is 0.225 e. The van der Waals surface area contributed by atoms with E-state index in [2.05, 4.69) is 40.7 Å². The Labute approximate surface area is 293 Å². The molecule has 0 saturated carbocycles. The molecule has 0 aromatic carbocycles. The number of hydrogen-bond acceptors (Lipinski definition) is 14. The van der Waals surface area contributed by atoms with Crippen molar-refractivity contribution in [1.82, 2.24) is 29.1 Å². The monoisotopic (exact) mass is 746 g/mol. The predicted octanol–water partition coefficient (Wildman–Crippen LogP) is 4.52. The zero-order chi connectivity index (χ0) is 31.6. The number of hydrogen-bond donors (Lipinski definition) is 0. The highest BCUT2D eigenvalue weighted by molar-refractivity contribution is 7.88. The SMILES string of the molecule is C.C.CS(=O)(=O)N1CCN(Cc2cc3c(N4CCOCC4)nc(Cl)nc3s2)CC1.O=Cc1cc2c(N3CCOCC3)nc(Cl)nc2s1. The Balaban J connectivity index is 0.000000219. The lowest BCUT2D eigenvalue weighted by atomic mass is 10.3. The van der Waals surface area contributed by atoms with Crippen LogP contribution in [0.15, 0.2) is 12.1 Å². The Hall–Kier alpha value is -2.28. The molecular weight excluding hydrogens is 707 g/mol. The fourth-order valence-corrected chi connectivity index (χ4v) is 8.60. The number of carbonyl (C=O) groups is 1. The molecule has 0 amide bonds. The fraction of sp³-hybridized carbons (Fsp3) is 0.552. The number of rotatable bonds is 6. The van der Waals surface area contributed by atoms with Crippen LogP contribution in [0, 0.1) is 0 Å². The fourth-order valence-electron chi connectivity index (χ4n) is 5.44. The normalized spacial score (nSPS) is 17.9. The first-order valence-corrected chi connectivity index (χ1v) is 18.6. The van der Waals surface area contributed by atoms with E-state index in [4.69, 9.17) is 32.7 Å². The summed E-state index contributed by atoms with van der Waals surface area (Å²) < 4.78 is 35.6. The Bertz CT molecular complexity index is 1770. The van der Waals surface area contributed by atoms with Crippen molar-refractivity contribution in [3.8, 4) is 0 Å². The van der Waals surface area contributed by atoms with Crippen LogP contribution >= 0.6 is 45.9 Å². The maximum atomic E-state index is 11.7. The quantitative estimate of drug-likeness (QED) is 0.203. The molecule has 4 aromatic heterocycles. The number of sulfonamides is 1. The van der Waals surface area contributed by atoms with Gasteiger partial charge in [0.05, 0.1) is 48.3 Å². The smallest absolute Gasteiger partial charge is 0.225 e. The highest BCUT2D eigenvalue weighted by atomic mass is 35.5. The molecule has 13 nitrogen and oxygen atoms in total. The van der Waals surface area contributed by atoms with E-state index in [9.17, 15) is 13.2 Å². The summed E-state index contributed by atoms with van der Waals surface area (Å²) in [7, 11) is -3.10. The second-order valence-electron chi connectivity index (χ2n) is 10.7. The molecule has 47 heavy (non-hydrogen) atoms. The van der Waals surface area contributed by atoms with E-state index in [0.29, 0.717) is 44.4 Å². The molecule has 3 aliphatic rings. The number of fused-ring (bicyclic) bond motifs is 2. The van der Waals surface area contributed by atoms with E-state index in [-0.39, 0.29) is 25.4 Å². The summed E-state index contributed by atoms with van der Waals surface area (Å²) in [6, 6.07) is 3.96. The van der Waals surface area contributed by atoms with Gasteiger partial charge >= 0.3 is 0 Å².